The van der Waals surface area contributed by atoms with Crippen molar-refractivity contribution >= 4 is 11.8 Å². The number of hydrogen-bond donors (Lipinski definition) is 0. The first-order valence-electron chi connectivity index (χ1n) is 5.17. The van der Waals surface area contributed by atoms with Gasteiger partial charge in [0.25, 0.3) is 5.69 Å². The van der Waals surface area contributed by atoms with Crippen LogP contribution in [0.15, 0.2) is 24.4 Å². The topological polar surface area (TPSA) is 46.4 Å². The molecule has 0 saturated carbocycles. The summed E-state index contributed by atoms with van der Waals surface area (Å²) in [5.74, 6) is 0. The van der Waals surface area contributed by atoms with E-state index in [1.165, 1.54) is 6.07 Å². The van der Waals surface area contributed by atoms with Gasteiger partial charge < -0.3 is 4.90 Å². The Labute approximate surface area is 95.3 Å². The first-order chi connectivity index (χ1) is 7.56. The summed E-state index contributed by atoms with van der Waals surface area (Å²) in [5, 5.41) is 10.9. The minimum atomic E-state index is -0.339. The minimum absolute atomic E-state index is 0.164. The van der Waals surface area contributed by atoms with Crippen molar-refractivity contribution in [1.29, 1.82) is 0 Å². The van der Waals surface area contributed by atoms with Crippen molar-refractivity contribution in [1.82, 2.24) is 4.90 Å². The molecule has 1 aromatic rings. The number of aryl methyl sites for hydroxylation is 1. The number of hydrogen-bond acceptors (Lipinski definition) is 3. The van der Waals surface area contributed by atoms with Gasteiger partial charge in [0.05, 0.1) is 10.5 Å². The summed E-state index contributed by atoms with van der Waals surface area (Å²) in [7, 11) is 3.77. The fourth-order valence-electron chi connectivity index (χ4n) is 1.48. The molecule has 0 N–H and O–H groups in total. The molecule has 0 aromatic heterocycles. The van der Waals surface area contributed by atoms with Gasteiger partial charge in [-0.3, -0.25) is 10.1 Å². The van der Waals surface area contributed by atoms with Crippen LogP contribution in [0.5, 0.6) is 0 Å². The van der Waals surface area contributed by atoms with Gasteiger partial charge in [0.2, 0.25) is 0 Å². The Morgan fingerprint density at radius 2 is 2.12 bits per heavy atom. The van der Waals surface area contributed by atoms with Crippen LogP contribution in [0.4, 0.5) is 5.69 Å². The zero-order valence-electron chi connectivity index (χ0n) is 9.80. The van der Waals surface area contributed by atoms with Crippen molar-refractivity contribution in [2.75, 3.05) is 14.1 Å². The Kier molecular flexibility index (Phi) is 4.05. The standard InChI is InChI=1S/C12H16N2O2/c1-4-10-6-5-7-12(14(15)16)11(10)8-9-13(2)3/h5-9H,4H2,1-3H3/b9-8+. The molecule has 0 aliphatic rings. The lowest BCUT2D eigenvalue weighted by Crippen LogP contribution is -2.01. The van der Waals surface area contributed by atoms with Crippen LogP contribution < -0.4 is 0 Å². The molecule has 16 heavy (non-hydrogen) atoms. The van der Waals surface area contributed by atoms with Gasteiger partial charge in [-0.1, -0.05) is 19.1 Å². The lowest BCUT2D eigenvalue weighted by atomic mass is 10.0. The highest BCUT2D eigenvalue weighted by Gasteiger charge is 2.13. The number of rotatable bonds is 4. The van der Waals surface area contributed by atoms with Crippen LogP contribution in [-0.2, 0) is 6.42 Å². The van der Waals surface area contributed by atoms with E-state index in [2.05, 4.69) is 0 Å². The summed E-state index contributed by atoms with van der Waals surface area (Å²) in [5.41, 5.74) is 1.86. The van der Waals surface area contributed by atoms with Crippen molar-refractivity contribution < 1.29 is 4.92 Å². The average Bonchev–Trinajstić information content (AvgIpc) is 2.25. The van der Waals surface area contributed by atoms with Gasteiger partial charge in [-0.15, -0.1) is 0 Å². The monoisotopic (exact) mass is 220 g/mol. The van der Waals surface area contributed by atoms with Crippen molar-refractivity contribution in [2.45, 2.75) is 13.3 Å². The Morgan fingerprint density at radius 1 is 1.44 bits per heavy atom. The van der Waals surface area contributed by atoms with Crippen LogP contribution in [0.3, 0.4) is 0 Å². The summed E-state index contributed by atoms with van der Waals surface area (Å²) in [6.07, 6.45) is 4.40. The van der Waals surface area contributed by atoms with E-state index >= 15 is 0 Å². The smallest absolute Gasteiger partial charge is 0.276 e. The van der Waals surface area contributed by atoms with Crippen LogP contribution in [0.2, 0.25) is 0 Å². The van der Waals surface area contributed by atoms with Crippen LogP contribution in [0, 0.1) is 10.1 Å². The lowest BCUT2D eigenvalue weighted by molar-refractivity contribution is -0.385. The molecule has 0 amide bonds. The van der Waals surface area contributed by atoms with Gasteiger partial charge >= 0.3 is 0 Å². The molecule has 4 nitrogen and oxygen atoms in total. The second-order valence-electron chi connectivity index (χ2n) is 3.74. The van der Waals surface area contributed by atoms with E-state index in [4.69, 9.17) is 0 Å². The third-order valence-electron chi connectivity index (χ3n) is 2.29. The maximum absolute atomic E-state index is 10.9. The average molecular weight is 220 g/mol. The predicted molar refractivity (Wildman–Crippen MR) is 65.2 cm³/mol. The maximum atomic E-state index is 10.9. The second kappa shape index (κ2) is 5.30. The fraction of sp³-hybridized carbons (Fsp3) is 0.333. The third-order valence-corrected chi connectivity index (χ3v) is 2.29. The molecule has 0 spiro atoms. The molecule has 86 valence electrons. The third kappa shape index (κ3) is 2.82. The second-order valence-corrected chi connectivity index (χ2v) is 3.74. The van der Waals surface area contributed by atoms with E-state index in [1.54, 1.807) is 12.1 Å². The summed E-state index contributed by atoms with van der Waals surface area (Å²) >= 11 is 0. The molecule has 0 radical (unpaired) electrons. The van der Waals surface area contributed by atoms with Crippen molar-refractivity contribution in [3.63, 3.8) is 0 Å². The zero-order chi connectivity index (χ0) is 12.1. The van der Waals surface area contributed by atoms with Gasteiger partial charge in [0.15, 0.2) is 0 Å². The summed E-state index contributed by atoms with van der Waals surface area (Å²) in [6, 6.07) is 5.18. The molecule has 0 atom stereocenters. The first kappa shape index (κ1) is 12.2. The van der Waals surface area contributed by atoms with Crippen LogP contribution in [0.25, 0.3) is 6.08 Å². The number of benzene rings is 1. The van der Waals surface area contributed by atoms with Crippen molar-refractivity contribution in [3.8, 4) is 0 Å². The van der Waals surface area contributed by atoms with Gasteiger partial charge in [0, 0.05) is 20.2 Å². The van der Waals surface area contributed by atoms with Gasteiger partial charge in [-0.05, 0) is 24.3 Å². The Bertz CT molecular complexity index is 411. The highest BCUT2D eigenvalue weighted by Crippen LogP contribution is 2.24. The number of nitrogens with zero attached hydrogens (tertiary/aromatic N) is 2. The van der Waals surface area contributed by atoms with E-state index in [0.29, 0.717) is 5.56 Å². The molecule has 4 heteroatoms. The van der Waals surface area contributed by atoms with Gasteiger partial charge in [-0.2, -0.15) is 0 Å². The van der Waals surface area contributed by atoms with E-state index in [-0.39, 0.29) is 10.6 Å². The Balaban J connectivity index is 3.25. The summed E-state index contributed by atoms with van der Waals surface area (Å²) in [6.45, 7) is 1.99. The minimum Gasteiger partial charge on any atom is -0.383 e. The molecule has 0 aliphatic heterocycles. The van der Waals surface area contributed by atoms with E-state index in [1.807, 2.05) is 38.2 Å². The van der Waals surface area contributed by atoms with E-state index < -0.39 is 0 Å². The lowest BCUT2D eigenvalue weighted by Gasteiger charge is -2.07. The van der Waals surface area contributed by atoms with Crippen molar-refractivity contribution in [2.24, 2.45) is 0 Å². The van der Waals surface area contributed by atoms with Crippen LogP contribution >= 0.6 is 0 Å². The van der Waals surface area contributed by atoms with Crippen molar-refractivity contribution in [3.05, 3.63) is 45.6 Å². The largest absolute Gasteiger partial charge is 0.383 e. The van der Waals surface area contributed by atoms with E-state index in [0.717, 1.165) is 12.0 Å². The van der Waals surface area contributed by atoms with Crippen LogP contribution in [-0.4, -0.2) is 23.9 Å². The summed E-state index contributed by atoms with van der Waals surface area (Å²) in [4.78, 5) is 12.4. The highest BCUT2D eigenvalue weighted by molar-refractivity contribution is 5.64. The zero-order valence-corrected chi connectivity index (χ0v) is 9.80. The molecular weight excluding hydrogens is 204 g/mol. The molecule has 0 aliphatic carbocycles. The predicted octanol–water partition coefficient (Wildman–Crippen LogP) is 2.69. The number of nitro groups is 1. The molecule has 0 heterocycles. The molecule has 0 fully saturated rings. The Morgan fingerprint density at radius 3 is 2.62 bits per heavy atom. The quantitative estimate of drug-likeness (QED) is 0.579. The normalized spacial score (nSPS) is 10.7. The highest BCUT2D eigenvalue weighted by atomic mass is 16.6. The molecule has 1 rings (SSSR count). The fourth-order valence-corrected chi connectivity index (χ4v) is 1.48. The van der Waals surface area contributed by atoms with Gasteiger partial charge in [0.1, 0.15) is 0 Å². The molecule has 0 unspecified atom stereocenters. The SMILES string of the molecule is CCc1cccc([N+](=O)[O-])c1/C=C/N(C)C. The van der Waals surface area contributed by atoms with Crippen LogP contribution in [0.1, 0.15) is 18.1 Å². The molecular formula is C12H16N2O2. The molecule has 0 saturated heterocycles. The Hall–Kier alpha value is -1.84. The molecule has 0 bridgehead atoms. The molecule has 1 aromatic carbocycles. The first-order valence-corrected chi connectivity index (χ1v) is 5.17. The maximum Gasteiger partial charge on any atom is 0.276 e. The summed E-state index contributed by atoms with van der Waals surface area (Å²) < 4.78 is 0. The van der Waals surface area contributed by atoms with E-state index in [9.17, 15) is 10.1 Å². The number of nitro benzene ring substituents is 1. The van der Waals surface area contributed by atoms with Gasteiger partial charge in [-0.25, -0.2) is 0 Å².